The molecule has 1 aromatic rings. The predicted octanol–water partition coefficient (Wildman–Crippen LogP) is 2.65. The Kier molecular flexibility index (Phi) is 4.77. The lowest BCUT2D eigenvalue weighted by molar-refractivity contribution is -0.184. The molecule has 0 aliphatic rings. The van der Waals surface area contributed by atoms with Gasteiger partial charge in [-0.3, -0.25) is 9.63 Å². The maximum absolute atomic E-state index is 11.7. The van der Waals surface area contributed by atoms with Gasteiger partial charge in [-0.05, 0) is 17.7 Å². The van der Waals surface area contributed by atoms with Gasteiger partial charge in [0.25, 0.3) is 5.91 Å². The number of hydroxylamine groups is 1. The van der Waals surface area contributed by atoms with Gasteiger partial charge in [-0.15, -0.1) is 11.6 Å². The van der Waals surface area contributed by atoms with Crippen LogP contribution in [0.1, 0.15) is 15.9 Å². The van der Waals surface area contributed by atoms with E-state index < -0.39 is 18.7 Å². The van der Waals surface area contributed by atoms with Crippen molar-refractivity contribution in [1.29, 1.82) is 0 Å². The molecule has 7 heteroatoms. The third-order valence-corrected chi connectivity index (χ3v) is 2.08. The van der Waals surface area contributed by atoms with Crippen LogP contribution in [0.3, 0.4) is 0 Å². The fraction of sp³-hybridized carbons (Fsp3) is 0.300. The van der Waals surface area contributed by atoms with E-state index in [1.807, 2.05) is 0 Å². The van der Waals surface area contributed by atoms with Crippen molar-refractivity contribution in [2.75, 3.05) is 6.61 Å². The van der Waals surface area contributed by atoms with Crippen molar-refractivity contribution in [1.82, 2.24) is 5.48 Å². The second-order valence-electron chi connectivity index (χ2n) is 3.17. The Bertz CT molecular complexity index is 378. The summed E-state index contributed by atoms with van der Waals surface area (Å²) < 4.78 is 35.1. The molecule has 0 aliphatic heterocycles. The Morgan fingerprint density at radius 1 is 1.29 bits per heavy atom. The van der Waals surface area contributed by atoms with Crippen molar-refractivity contribution in [3.63, 3.8) is 0 Å². The standard InChI is InChI=1S/C10H9ClF3NO2/c11-5-7-1-3-8(4-2-7)9(16)15-17-6-10(12,13)14/h1-4H,5-6H2,(H,15,16). The van der Waals surface area contributed by atoms with Gasteiger partial charge in [0.2, 0.25) is 0 Å². The van der Waals surface area contributed by atoms with Crippen LogP contribution in [0.25, 0.3) is 0 Å². The third kappa shape index (κ3) is 5.06. The lowest BCUT2D eigenvalue weighted by Crippen LogP contribution is -2.29. The summed E-state index contributed by atoms with van der Waals surface area (Å²) in [6, 6.07) is 6.10. The van der Waals surface area contributed by atoms with Gasteiger partial charge in [-0.1, -0.05) is 12.1 Å². The highest BCUT2D eigenvalue weighted by Crippen LogP contribution is 2.13. The van der Waals surface area contributed by atoms with Crippen molar-refractivity contribution in [3.8, 4) is 0 Å². The molecule has 0 unspecified atom stereocenters. The molecule has 0 saturated heterocycles. The van der Waals surface area contributed by atoms with Gasteiger partial charge in [0.15, 0.2) is 6.61 Å². The maximum Gasteiger partial charge on any atom is 0.414 e. The highest BCUT2D eigenvalue weighted by Gasteiger charge is 2.28. The SMILES string of the molecule is O=C(NOCC(F)(F)F)c1ccc(CCl)cc1. The molecule has 1 N–H and O–H groups in total. The molecular weight excluding hydrogens is 259 g/mol. The molecule has 1 aromatic carbocycles. The van der Waals surface area contributed by atoms with Gasteiger partial charge in [0.1, 0.15) is 0 Å². The number of nitrogens with one attached hydrogen (secondary N) is 1. The summed E-state index contributed by atoms with van der Waals surface area (Å²) in [6.07, 6.45) is -4.48. The molecular formula is C10H9ClF3NO2. The van der Waals surface area contributed by atoms with Crippen LogP contribution in [-0.4, -0.2) is 18.7 Å². The van der Waals surface area contributed by atoms with Gasteiger partial charge < -0.3 is 0 Å². The summed E-state index contributed by atoms with van der Waals surface area (Å²) in [5.41, 5.74) is 2.70. The van der Waals surface area contributed by atoms with E-state index in [9.17, 15) is 18.0 Å². The van der Waals surface area contributed by atoms with Gasteiger partial charge >= 0.3 is 6.18 Å². The van der Waals surface area contributed by atoms with Crippen molar-refractivity contribution >= 4 is 17.5 Å². The van der Waals surface area contributed by atoms with E-state index in [-0.39, 0.29) is 5.56 Å². The summed E-state index contributed by atoms with van der Waals surface area (Å²) in [5.74, 6) is -0.442. The molecule has 1 amide bonds. The van der Waals surface area contributed by atoms with Crippen molar-refractivity contribution in [3.05, 3.63) is 35.4 Å². The molecule has 0 radical (unpaired) electrons. The molecule has 0 aliphatic carbocycles. The van der Waals surface area contributed by atoms with E-state index in [1.165, 1.54) is 12.1 Å². The third-order valence-electron chi connectivity index (χ3n) is 1.77. The smallest absolute Gasteiger partial charge is 0.267 e. The largest absolute Gasteiger partial charge is 0.414 e. The van der Waals surface area contributed by atoms with Crippen molar-refractivity contribution in [2.24, 2.45) is 0 Å². The highest BCUT2D eigenvalue weighted by molar-refractivity contribution is 6.17. The zero-order chi connectivity index (χ0) is 12.9. The summed E-state index contributed by atoms with van der Waals surface area (Å²) >= 11 is 5.54. The van der Waals surface area contributed by atoms with Crippen LogP contribution in [0.15, 0.2) is 24.3 Å². The second kappa shape index (κ2) is 5.88. The van der Waals surface area contributed by atoms with E-state index in [2.05, 4.69) is 4.84 Å². The normalized spacial score (nSPS) is 11.3. The molecule has 0 heterocycles. The van der Waals surface area contributed by atoms with E-state index in [0.29, 0.717) is 5.88 Å². The molecule has 0 spiro atoms. The second-order valence-corrected chi connectivity index (χ2v) is 3.43. The molecule has 94 valence electrons. The summed E-state index contributed by atoms with van der Waals surface area (Å²) in [6.45, 7) is -1.53. The zero-order valence-corrected chi connectivity index (χ0v) is 9.31. The lowest BCUT2D eigenvalue weighted by atomic mass is 10.1. The predicted molar refractivity (Wildman–Crippen MR) is 55.5 cm³/mol. The Morgan fingerprint density at radius 3 is 2.35 bits per heavy atom. The minimum atomic E-state index is -4.48. The zero-order valence-electron chi connectivity index (χ0n) is 8.55. The van der Waals surface area contributed by atoms with Crippen LogP contribution in [0.4, 0.5) is 13.2 Å². The van der Waals surface area contributed by atoms with Gasteiger partial charge in [-0.2, -0.15) is 13.2 Å². The molecule has 3 nitrogen and oxygen atoms in total. The number of carbonyl (C=O) groups is 1. The van der Waals surface area contributed by atoms with Crippen LogP contribution in [-0.2, 0) is 10.7 Å². The molecule has 1 rings (SSSR count). The molecule has 0 atom stereocenters. The van der Waals surface area contributed by atoms with Crippen LogP contribution in [0.2, 0.25) is 0 Å². The van der Waals surface area contributed by atoms with Crippen molar-refractivity contribution in [2.45, 2.75) is 12.1 Å². The van der Waals surface area contributed by atoms with Crippen LogP contribution < -0.4 is 5.48 Å². The Labute approximate surface area is 100 Å². The van der Waals surface area contributed by atoms with E-state index in [4.69, 9.17) is 11.6 Å². The number of carbonyl (C=O) groups excluding carboxylic acids is 1. The average Bonchev–Trinajstić information content (AvgIpc) is 2.27. The van der Waals surface area contributed by atoms with Crippen LogP contribution >= 0.6 is 11.6 Å². The Balaban J connectivity index is 2.47. The summed E-state index contributed by atoms with van der Waals surface area (Å²) in [5, 5.41) is 0. The molecule has 0 aromatic heterocycles. The first-order valence-electron chi connectivity index (χ1n) is 4.56. The van der Waals surface area contributed by atoms with Crippen molar-refractivity contribution < 1.29 is 22.8 Å². The molecule has 17 heavy (non-hydrogen) atoms. The van der Waals surface area contributed by atoms with Gasteiger partial charge in [-0.25, -0.2) is 5.48 Å². The quantitative estimate of drug-likeness (QED) is 0.673. The first kappa shape index (κ1) is 13.8. The average molecular weight is 268 g/mol. The number of hydrogen-bond donors (Lipinski definition) is 1. The summed E-state index contributed by atoms with van der Waals surface area (Å²) in [7, 11) is 0. The Hall–Kier alpha value is -1.27. The monoisotopic (exact) mass is 267 g/mol. The first-order chi connectivity index (χ1) is 7.92. The fourth-order valence-electron chi connectivity index (χ4n) is 0.988. The number of benzene rings is 1. The molecule has 0 saturated carbocycles. The topological polar surface area (TPSA) is 38.3 Å². The minimum absolute atomic E-state index is 0.195. The van der Waals surface area contributed by atoms with Crippen LogP contribution in [0, 0.1) is 0 Å². The number of rotatable bonds is 4. The van der Waals surface area contributed by atoms with E-state index >= 15 is 0 Å². The molecule has 0 bridgehead atoms. The highest BCUT2D eigenvalue weighted by atomic mass is 35.5. The number of alkyl halides is 4. The van der Waals surface area contributed by atoms with Crippen LogP contribution in [0.5, 0.6) is 0 Å². The summed E-state index contributed by atoms with van der Waals surface area (Å²) in [4.78, 5) is 15.3. The van der Waals surface area contributed by atoms with Gasteiger partial charge in [0, 0.05) is 11.4 Å². The number of hydrogen-bond acceptors (Lipinski definition) is 2. The fourth-order valence-corrected chi connectivity index (χ4v) is 1.17. The number of halogens is 4. The maximum atomic E-state index is 11.7. The first-order valence-corrected chi connectivity index (χ1v) is 5.09. The lowest BCUT2D eigenvalue weighted by Gasteiger charge is -2.08. The van der Waals surface area contributed by atoms with E-state index in [1.54, 1.807) is 17.6 Å². The minimum Gasteiger partial charge on any atom is -0.267 e. The van der Waals surface area contributed by atoms with Gasteiger partial charge in [0.05, 0.1) is 0 Å². The number of amides is 1. The molecule has 0 fully saturated rings. The Morgan fingerprint density at radius 2 is 1.88 bits per heavy atom. The van der Waals surface area contributed by atoms with E-state index in [0.717, 1.165) is 5.56 Å².